The van der Waals surface area contributed by atoms with Crippen LogP contribution in [0.4, 0.5) is 5.69 Å². The van der Waals surface area contributed by atoms with E-state index < -0.39 is 0 Å². The summed E-state index contributed by atoms with van der Waals surface area (Å²) in [5, 5.41) is 3.56. The zero-order chi connectivity index (χ0) is 14.8. The normalized spacial score (nSPS) is 12.3. The average Bonchev–Trinajstić information content (AvgIpc) is 3.09. The van der Waals surface area contributed by atoms with Gasteiger partial charge in [0.2, 0.25) is 0 Å². The van der Waals surface area contributed by atoms with Crippen molar-refractivity contribution in [1.82, 2.24) is 0 Å². The number of furan rings is 1. The Morgan fingerprint density at radius 1 is 1.14 bits per heavy atom. The zero-order valence-corrected chi connectivity index (χ0v) is 13.5. The number of hydrogen-bond acceptors (Lipinski definition) is 3. The first-order valence-electron chi connectivity index (χ1n) is 6.76. The van der Waals surface area contributed by atoms with Crippen LogP contribution >= 0.6 is 22.9 Å². The van der Waals surface area contributed by atoms with Crippen molar-refractivity contribution in [2.45, 2.75) is 19.9 Å². The van der Waals surface area contributed by atoms with Gasteiger partial charge in [-0.1, -0.05) is 29.3 Å². The topological polar surface area (TPSA) is 25.2 Å². The lowest BCUT2D eigenvalue weighted by atomic mass is 10.1. The molecule has 2 heterocycles. The Hall–Kier alpha value is -1.71. The van der Waals surface area contributed by atoms with Crippen molar-refractivity contribution in [3.05, 3.63) is 74.8 Å². The summed E-state index contributed by atoms with van der Waals surface area (Å²) in [7, 11) is 0. The van der Waals surface area contributed by atoms with E-state index in [0.29, 0.717) is 0 Å². The number of rotatable bonds is 4. The number of hydrogen-bond donors (Lipinski definition) is 1. The molecule has 21 heavy (non-hydrogen) atoms. The summed E-state index contributed by atoms with van der Waals surface area (Å²) in [5.41, 5.74) is 3.58. The summed E-state index contributed by atoms with van der Waals surface area (Å²) < 4.78 is 6.38. The van der Waals surface area contributed by atoms with Crippen molar-refractivity contribution >= 4 is 28.6 Å². The summed E-state index contributed by atoms with van der Waals surface area (Å²) in [4.78, 5) is 1.13. The second-order valence-corrected chi connectivity index (χ2v) is 6.80. The lowest BCUT2D eigenvalue weighted by Crippen LogP contribution is -2.11. The molecule has 2 nitrogen and oxygen atoms in total. The van der Waals surface area contributed by atoms with Crippen molar-refractivity contribution in [2.24, 2.45) is 0 Å². The summed E-state index contributed by atoms with van der Waals surface area (Å²) in [5.74, 6) is 0.883. The van der Waals surface area contributed by atoms with Gasteiger partial charge in [0.1, 0.15) is 11.8 Å². The number of halogens is 1. The molecular weight excluding hydrogens is 302 g/mol. The molecule has 0 aliphatic carbocycles. The molecule has 0 amide bonds. The minimum absolute atomic E-state index is 0.0288. The van der Waals surface area contributed by atoms with Crippen LogP contribution in [-0.2, 0) is 0 Å². The van der Waals surface area contributed by atoms with Crippen molar-refractivity contribution in [1.29, 1.82) is 0 Å². The first-order valence-corrected chi connectivity index (χ1v) is 7.95. The van der Waals surface area contributed by atoms with E-state index in [4.69, 9.17) is 16.0 Å². The maximum absolute atomic E-state index is 6.08. The molecule has 4 heteroatoms. The number of anilines is 1. The van der Waals surface area contributed by atoms with Crippen LogP contribution in [0.25, 0.3) is 0 Å². The van der Waals surface area contributed by atoms with Crippen LogP contribution in [0.1, 0.15) is 27.8 Å². The molecule has 1 unspecified atom stereocenters. The Morgan fingerprint density at radius 3 is 2.62 bits per heavy atom. The molecule has 0 radical (unpaired) electrons. The van der Waals surface area contributed by atoms with Crippen LogP contribution in [0.3, 0.4) is 0 Å². The van der Waals surface area contributed by atoms with E-state index in [0.717, 1.165) is 20.7 Å². The average molecular weight is 318 g/mol. The van der Waals surface area contributed by atoms with E-state index in [-0.39, 0.29) is 6.04 Å². The van der Waals surface area contributed by atoms with Gasteiger partial charge in [-0.05, 0) is 49.7 Å². The first kappa shape index (κ1) is 14.2. The highest BCUT2D eigenvalue weighted by atomic mass is 35.5. The van der Waals surface area contributed by atoms with Gasteiger partial charge in [0.05, 0.1) is 10.6 Å². The van der Waals surface area contributed by atoms with Gasteiger partial charge in [-0.2, -0.15) is 0 Å². The SMILES string of the molecule is Cc1ccc(NC(c2ccco2)c2ccc(Cl)s2)c(C)c1. The van der Waals surface area contributed by atoms with Crippen LogP contribution < -0.4 is 5.32 Å². The number of thiophene rings is 1. The van der Waals surface area contributed by atoms with Gasteiger partial charge in [-0.3, -0.25) is 0 Å². The molecule has 0 bridgehead atoms. The first-order chi connectivity index (χ1) is 10.1. The zero-order valence-electron chi connectivity index (χ0n) is 11.9. The van der Waals surface area contributed by atoms with Crippen molar-refractivity contribution in [3.63, 3.8) is 0 Å². The van der Waals surface area contributed by atoms with E-state index in [1.807, 2.05) is 24.3 Å². The predicted octanol–water partition coefficient (Wildman–Crippen LogP) is 5.81. The summed E-state index contributed by atoms with van der Waals surface area (Å²) in [6.07, 6.45) is 1.70. The van der Waals surface area contributed by atoms with Crippen LogP contribution in [0.2, 0.25) is 4.34 Å². The van der Waals surface area contributed by atoms with E-state index >= 15 is 0 Å². The van der Waals surface area contributed by atoms with Crippen molar-refractivity contribution in [2.75, 3.05) is 5.32 Å². The quantitative estimate of drug-likeness (QED) is 0.656. The van der Waals surface area contributed by atoms with Crippen LogP contribution in [0.15, 0.2) is 53.1 Å². The largest absolute Gasteiger partial charge is 0.467 e. The van der Waals surface area contributed by atoms with E-state index in [9.17, 15) is 0 Å². The molecule has 0 saturated carbocycles. The molecule has 108 valence electrons. The Morgan fingerprint density at radius 2 is 2.00 bits per heavy atom. The molecular formula is C17H16ClNOS. The van der Waals surface area contributed by atoms with Gasteiger partial charge in [-0.25, -0.2) is 0 Å². The van der Waals surface area contributed by atoms with E-state index in [2.05, 4.69) is 37.4 Å². The molecule has 0 saturated heterocycles. The number of benzene rings is 1. The van der Waals surface area contributed by atoms with Crippen molar-refractivity contribution < 1.29 is 4.42 Å². The lowest BCUT2D eigenvalue weighted by molar-refractivity contribution is 0.500. The van der Waals surface area contributed by atoms with Crippen molar-refractivity contribution in [3.8, 4) is 0 Å². The Kier molecular flexibility index (Phi) is 4.04. The summed E-state index contributed by atoms with van der Waals surface area (Å²) in [6, 6.07) is 14.2. The van der Waals surface area contributed by atoms with E-state index in [1.54, 1.807) is 17.6 Å². The Bertz CT molecular complexity index is 733. The monoisotopic (exact) mass is 317 g/mol. The molecule has 0 fully saturated rings. The Balaban J connectivity index is 1.96. The number of nitrogens with one attached hydrogen (secondary N) is 1. The third-order valence-corrected chi connectivity index (χ3v) is 4.68. The van der Waals surface area contributed by atoms with Gasteiger partial charge < -0.3 is 9.73 Å². The van der Waals surface area contributed by atoms with E-state index in [1.165, 1.54) is 11.1 Å². The molecule has 0 spiro atoms. The molecule has 1 aromatic carbocycles. The second kappa shape index (κ2) is 5.96. The minimum atomic E-state index is -0.0288. The minimum Gasteiger partial charge on any atom is -0.467 e. The molecule has 0 aliphatic rings. The molecule has 3 rings (SSSR count). The molecule has 2 aromatic heterocycles. The smallest absolute Gasteiger partial charge is 0.131 e. The standard InChI is InChI=1S/C17H16ClNOS/c1-11-5-6-13(12(2)10-11)19-17(14-4-3-9-20-14)15-7-8-16(18)21-15/h3-10,17,19H,1-2H3. The highest BCUT2D eigenvalue weighted by Crippen LogP contribution is 2.34. The fourth-order valence-corrected chi connectivity index (χ4v) is 3.47. The second-order valence-electron chi connectivity index (χ2n) is 5.05. The van der Waals surface area contributed by atoms with Crippen LogP contribution in [-0.4, -0.2) is 0 Å². The molecule has 1 atom stereocenters. The molecule has 3 aromatic rings. The summed E-state index contributed by atoms with van der Waals surface area (Å²) >= 11 is 7.65. The third kappa shape index (κ3) is 3.14. The molecule has 1 N–H and O–H groups in total. The Labute approximate surface area is 133 Å². The third-order valence-electron chi connectivity index (χ3n) is 3.39. The van der Waals surface area contributed by atoms with Crippen LogP contribution in [0, 0.1) is 13.8 Å². The van der Waals surface area contributed by atoms with Crippen LogP contribution in [0.5, 0.6) is 0 Å². The fraction of sp³-hybridized carbons (Fsp3) is 0.176. The van der Waals surface area contributed by atoms with Gasteiger partial charge in [0, 0.05) is 10.6 Å². The highest BCUT2D eigenvalue weighted by Gasteiger charge is 2.19. The fourth-order valence-electron chi connectivity index (χ4n) is 2.35. The summed E-state index contributed by atoms with van der Waals surface area (Å²) in [6.45, 7) is 4.20. The predicted molar refractivity (Wildman–Crippen MR) is 89.4 cm³/mol. The highest BCUT2D eigenvalue weighted by molar-refractivity contribution is 7.16. The number of aryl methyl sites for hydroxylation is 2. The van der Waals surface area contributed by atoms with Gasteiger partial charge in [0.25, 0.3) is 0 Å². The lowest BCUT2D eigenvalue weighted by Gasteiger charge is -2.18. The maximum Gasteiger partial charge on any atom is 0.131 e. The van der Waals surface area contributed by atoms with Gasteiger partial charge in [-0.15, -0.1) is 11.3 Å². The molecule has 0 aliphatic heterocycles. The van der Waals surface area contributed by atoms with Gasteiger partial charge >= 0.3 is 0 Å². The van der Waals surface area contributed by atoms with Gasteiger partial charge in [0.15, 0.2) is 0 Å². The maximum atomic E-state index is 6.08.